The largest absolute Gasteiger partial charge is 0.389 e. The Morgan fingerprint density at radius 3 is 2.50 bits per heavy atom. The van der Waals surface area contributed by atoms with Crippen LogP contribution in [-0.2, 0) is 14.6 Å². The molecule has 5 nitrogen and oxygen atoms in total. The number of nitrogens with two attached hydrogens (primary N) is 1. The van der Waals surface area contributed by atoms with Gasteiger partial charge in [-0.1, -0.05) is 12.8 Å². The molecule has 0 aromatic heterocycles. The number of rotatable bonds is 2. The number of nitrogens with one attached hydrogen (secondary N) is 1. The maximum Gasteiger partial charge on any atom is 0.254 e. The van der Waals surface area contributed by atoms with Gasteiger partial charge in [0.2, 0.25) is 9.84 Å². The van der Waals surface area contributed by atoms with E-state index in [-0.39, 0.29) is 22.6 Å². The van der Waals surface area contributed by atoms with Crippen molar-refractivity contribution in [3.63, 3.8) is 0 Å². The highest BCUT2D eigenvalue weighted by Crippen LogP contribution is 2.21. The number of amides is 1. The molecule has 1 aliphatic carbocycles. The molecule has 6 heteroatoms. The summed E-state index contributed by atoms with van der Waals surface area (Å²) in [5, 5.41) is 3.42. The third kappa shape index (κ3) is 1.97. The van der Waals surface area contributed by atoms with Crippen molar-refractivity contribution in [3.8, 4) is 0 Å². The molecule has 0 radical (unpaired) electrons. The third-order valence-corrected chi connectivity index (χ3v) is 4.25. The van der Waals surface area contributed by atoms with E-state index in [1.54, 1.807) is 0 Å². The van der Waals surface area contributed by atoms with Crippen LogP contribution in [0, 0.1) is 0 Å². The standard InChI is InChI=1S/C10H14N2O3S/c11-9-8(5-6-16(9,14)15)10(13)12-7-3-1-2-4-7/h5-7H,1-4,11H2,(H,12,13). The van der Waals surface area contributed by atoms with Crippen LogP contribution in [0.1, 0.15) is 25.7 Å². The third-order valence-electron chi connectivity index (χ3n) is 2.92. The van der Waals surface area contributed by atoms with Crippen LogP contribution in [0.15, 0.2) is 22.1 Å². The number of carbonyl (C=O) groups is 1. The second-order valence-corrected chi connectivity index (χ2v) is 5.88. The molecule has 88 valence electrons. The van der Waals surface area contributed by atoms with Gasteiger partial charge in [0.15, 0.2) is 0 Å². The molecule has 1 amide bonds. The van der Waals surface area contributed by atoms with Crippen LogP contribution < -0.4 is 11.1 Å². The molecule has 1 saturated carbocycles. The van der Waals surface area contributed by atoms with Gasteiger partial charge in [-0.3, -0.25) is 4.79 Å². The molecule has 1 aliphatic heterocycles. The van der Waals surface area contributed by atoms with E-state index in [2.05, 4.69) is 5.32 Å². The van der Waals surface area contributed by atoms with Crippen molar-refractivity contribution in [1.82, 2.24) is 5.32 Å². The van der Waals surface area contributed by atoms with E-state index in [1.807, 2.05) is 0 Å². The van der Waals surface area contributed by atoms with Crippen molar-refractivity contribution in [3.05, 3.63) is 22.1 Å². The topological polar surface area (TPSA) is 89.3 Å². The number of carbonyl (C=O) groups excluding carboxylic acids is 1. The van der Waals surface area contributed by atoms with Crippen LogP contribution in [0.5, 0.6) is 0 Å². The number of hydrogen-bond acceptors (Lipinski definition) is 4. The highest BCUT2D eigenvalue weighted by atomic mass is 32.2. The van der Waals surface area contributed by atoms with E-state index >= 15 is 0 Å². The molecule has 2 aliphatic rings. The van der Waals surface area contributed by atoms with Gasteiger partial charge in [-0.2, -0.15) is 0 Å². The Labute approximate surface area is 94.3 Å². The lowest BCUT2D eigenvalue weighted by molar-refractivity contribution is -0.117. The van der Waals surface area contributed by atoms with Crippen LogP contribution in [0.2, 0.25) is 0 Å². The van der Waals surface area contributed by atoms with E-state index in [0.29, 0.717) is 0 Å². The van der Waals surface area contributed by atoms with Gasteiger partial charge in [0, 0.05) is 11.4 Å². The average molecular weight is 242 g/mol. The summed E-state index contributed by atoms with van der Waals surface area (Å²) in [6.07, 6.45) is 5.38. The summed E-state index contributed by atoms with van der Waals surface area (Å²) < 4.78 is 22.5. The van der Waals surface area contributed by atoms with Crippen molar-refractivity contribution in [2.45, 2.75) is 31.7 Å². The minimum atomic E-state index is -3.54. The van der Waals surface area contributed by atoms with Crippen molar-refractivity contribution in [2.24, 2.45) is 5.73 Å². The first-order valence-corrected chi connectivity index (χ1v) is 6.79. The predicted octanol–water partition coefficient (Wildman–Crippen LogP) is 0.158. The summed E-state index contributed by atoms with van der Waals surface area (Å²) in [5.74, 6) is -0.387. The molecule has 0 saturated heterocycles. The summed E-state index contributed by atoms with van der Waals surface area (Å²) in [6, 6.07) is 0.157. The van der Waals surface area contributed by atoms with Gasteiger partial charge in [0.25, 0.3) is 5.91 Å². The Hall–Kier alpha value is -1.30. The molecule has 0 spiro atoms. The predicted molar refractivity (Wildman–Crippen MR) is 59.7 cm³/mol. The lowest BCUT2D eigenvalue weighted by Gasteiger charge is -2.11. The Balaban J connectivity index is 2.11. The summed E-state index contributed by atoms with van der Waals surface area (Å²) >= 11 is 0. The normalized spacial score (nSPS) is 24.0. The lowest BCUT2D eigenvalue weighted by Crippen LogP contribution is -2.34. The minimum absolute atomic E-state index is 0.0619. The molecule has 3 N–H and O–H groups in total. The molecule has 1 heterocycles. The quantitative estimate of drug-likeness (QED) is 0.721. The molecule has 0 bridgehead atoms. The summed E-state index contributed by atoms with van der Waals surface area (Å²) in [6.45, 7) is 0. The maximum atomic E-state index is 11.7. The summed E-state index contributed by atoms with van der Waals surface area (Å²) in [7, 11) is -3.54. The fourth-order valence-electron chi connectivity index (χ4n) is 1.99. The van der Waals surface area contributed by atoms with Crippen molar-refractivity contribution < 1.29 is 13.2 Å². The molecule has 0 aromatic carbocycles. The Morgan fingerprint density at radius 2 is 2.00 bits per heavy atom. The molecule has 1 fully saturated rings. The zero-order valence-corrected chi connectivity index (χ0v) is 9.59. The van der Waals surface area contributed by atoms with E-state index in [9.17, 15) is 13.2 Å². The van der Waals surface area contributed by atoms with Crippen molar-refractivity contribution in [2.75, 3.05) is 0 Å². The minimum Gasteiger partial charge on any atom is -0.389 e. The zero-order valence-electron chi connectivity index (χ0n) is 8.77. The average Bonchev–Trinajstić information content (AvgIpc) is 2.77. The molecular weight excluding hydrogens is 228 g/mol. The van der Waals surface area contributed by atoms with Crippen LogP contribution in [0.3, 0.4) is 0 Å². The van der Waals surface area contributed by atoms with Crippen LogP contribution in [0.25, 0.3) is 0 Å². The number of hydrogen-bond donors (Lipinski definition) is 2. The first kappa shape index (κ1) is 11.2. The smallest absolute Gasteiger partial charge is 0.254 e. The molecular formula is C10H14N2O3S. The number of sulfone groups is 1. The Bertz CT molecular complexity index is 470. The highest BCUT2D eigenvalue weighted by Gasteiger charge is 2.27. The van der Waals surface area contributed by atoms with Gasteiger partial charge < -0.3 is 11.1 Å². The summed E-state index contributed by atoms with van der Waals surface area (Å²) in [4.78, 5) is 11.7. The second kappa shape index (κ2) is 3.93. The van der Waals surface area contributed by atoms with Gasteiger partial charge >= 0.3 is 0 Å². The lowest BCUT2D eigenvalue weighted by atomic mass is 10.2. The van der Waals surface area contributed by atoms with Crippen LogP contribution >= 0.6 is 0 Å². The second-order valence-electron chi connectivity index (χ2n) is 4.08. The first-order chi connectivity index (χ1) is 7.50. The van der Waals surface area contributed by atoms with Crippen molar-refractivity contribution in [1.29, 1.82) is 0 Å². The molecule has 2 rings (SSSR count). The van der Waals surface area contributed by atoms with E-state index < -0.39 is 9.84 Å². The van der Waals surface area contributed by atoms with E-state index in [4.69, 9.17) is 5.73 Å². The van der Waals surface area contributed by atoms with Crippen molar-refractivity contribution >= 4 is 15.7 Å². The SMILES string of the molecule is NC1=C(C(=O)NC2CCCC2)C=CS1(=O)=O. The summed E-state index contributed by atoms with van der Waals surface area (Å²) in [5.41, 5.74) is 5.46. The van der Waals surface area contributed by atoms with Gasteiger partial charge in [-0.15, -0.1) is 0 Å². The highest BCUT2D eigenvalue weighted by molar-refractivity contribution is 7.98. The van der Waals surface area contributed by atoms with Gasteiger partial charge in [0.05, 0.1) is 5.57 Å². The van der Waals surface area contributed by atoms with Crippen LogP contribution in [0.4, 0.5) is 0 Å². The fraction of sp³-hybridized carbons (Fsp3) is 0.500. The Kier molecular flexibility index (Phi) is 2.75. The van der Waals surface area contributed by atoms with Crippen LogP contribution in [-0.4, -0.2) is 20.4 Å². The zero-order chi connectivity index (χ0) is 11.8. The molecule has 16 heavy (non-hydrogen) atoms. The fourth-order valence-corrected chi connectivity index (χ4v) is 2.92. The first-order valence-electron chi connectivity index (χ1n) is 5.24. The van der Waals surface area contributed by atoms with Gasteiger partial charge in [-0.05, 0) is 18.9 Å². The van der Waals surface area contributed by atoms with E-state index in [0.717, 1.165) is 31.1 Å². The molecule has 0 atom stereocenters. The monoisotopic (exact) mass is 242 g/mol. The molecule has 0 unspecified atom stereocenters. The molecule has 0 aromatic rings. The Morgan fingerprint density at radius 1 is 1.38 bits per heavy atom. The van der Waals surface area contributed by atoms with Gasteiger partial charge in [-0.25, -0.2) is 8.42 Å². The van der Waals surface area contributed by atoms with E-state index in [1.165, 1.54) is 6.08 Å². The maximum absolute atomic E-state index is 11.7. The van der Waals surface area contributed by atoms with Gasteiger partial charge in [0.1, 0.15) is 5.03 Å².